The molecule has 30 heavy (non-hydrogen) atoms. The molecule has 4 rings (SSSR count). The number of hydrogen-bond donors (Lipinski definition) is 2. The molecule has 0 radical (unpaired) electrons. The fourth-order valence-electron chi connectivity index (χ4n) is 3.08. The molecule has 0 saturated heterocycles. The van der Waals surface area contributed by atoms with Gasteiger partial charge >= 0.3 is 0 Å². The van der Waals surface area contributed by atoms with Crippen LogP contribution in [0.2, 0.25) is 5.02 Å². The second-order valence-electron chi connectivity index (χ2n) is 6.74. The van der Waals surface area contributed by atoms with E-state index in [1.165, 1.54) is 0 Å². The van der Waals surface area contributed by atoms with E-state index >= 15 is 0 Å². The fraction of sp³-hybridized carbons (Fsp3) is 0.182. The van der Waals surface area contributed by atoms with Gasteiger partial charge in [0.05, 0.1) is 22.7 Å². The number of ether oxygens (including phenoxy) is 2. The molecule has 0 fully saturated rings. The number of nitrogens with one attached hydrogen (secondary N) is 1. The number of anilines is 2. The van der Waals surface area contributed by atoms with Gasteiger partial charge in [0.15, 0.2) is 0 Å². The van der Waals surface area contributed by atoms with E-state index in [0.29, 0.717) is 42.0 Å². The molecular formula is C22H22ClN5O2. The van der Waals surface area contributed by atoms with Gasteiger partial charge in [-0.3, -0.25) is 0 Å². The lowest BCUT2D eigenvalue weighted by molar-refractivity contribution is 0.189. The van der Waals surface area contributed by atoms with Crippen molar-refractivity contribution in [3.63, 3.8) is 0 Å². The number of aromatic nitrogens is 3. The van der Waals surface area contributed by atoms with Crippen molar-refractivity contribution in [2.75, 3.05) is 24.8 Å². The molecule has 0 aliphatic heterocycles. The Morgan fingerprint density at radius 3 is 2.67 bits per heavy atom. The first-order valence-corrected chi connectivity index (χ1v) is 9.87. The number of nitrogen functional groups attached to an aromatic ring is 1. The van der Waals surface area contributed by atoms with Gasteiger partial charge in [-0.1, -0.05) is 23.7 Å². The average Bonchev–Trinajstić information content (AvgIpc) is 3.10. The largest absolute Gasteiger partial charge is 0.439 e. The van der Waals surface area contributed by atoms with Crippen LogP contribution in [-0.4, -0.2) is 28.3 Å². The predicted molar refractivity (Wildman–Crippen MR) is 119 cm³/mol. The van der Waals surface area contributed by atoms with E-state index in [4.69, 9.17) is 31.8 Å². The number of nitrogens with zero attached hydrogens (tertiary/aromatic N) is 3. The maximum Gasteiger partial charge on any atom is 0.219 e. The topological polar surface area (TPSA) is 87.2 Å². The van der Waals surface area contributed by atoms with Gasteiger partial charge in [-0.2, -0.15) is 0 Å². The van der Waals surface area contributed by atoms with Crippen LogP contribution in [0.4, 0.5) is 11.6 Å². The van der Waals surface area contributed by atoms with Crippen molar-refractivity contribution in [3.05, 3.63) is 71.4 Å². The third-order valence-corrected chi connectivity index (χ3v) is 4.81. The Balaban J connectivity index is 1.46. The summed E-state index contributed by atoms with van der Waals surface area (Å²) in [5.74, 6) is 1.98. The summed E-state index contributed by atoms with van der Waals surface area (Å²) < 4.78 is 13.1. The number of nitrogens with two attached hydrogens (primary N) is 1. The second-order valence-corrected chi connectivity index (χ2v) is 7.18. The maximum absolute atomic E-state index is 5.96. The van der Waals surface area contributed by atoms with E-state index < -0.39 is 0 Å². The van der Waals surface area contributed by atoms with Gasteiger partial charge in [0.1, 0.15) is 5.75 Å². The molecule has 0 spiro atoms. The van der Waals surface area contributed by atoms with E-state index in [-0.39, 0.29) is 0 Å². The second kappa shape index (κ2) is 9.02. The van der Waals surface area contributed by atoms with Gasteiger partial charge in [0.25, 0.3) is 0 Å². The standard InChI is InChI=1S/C22H22ClN5O2/c1-29-11-10-28-20-12-17(24)5-8-19(20)27-22(28)26-13-15-2-6-18(7-3-15)30-21-9-4-16(23)14-25-21/h2-9,12,14H,10-11,13,24H2,1H3,(H,26,27). The monoisotopic (exact) mass is 423 g/mol. The molecule has 2 aromatic carbocycles. The number of pyridine rings is 1. The van der Waals surface area contributed by atoms with Gasteiger partial charge < -0.3 is 25.1 Å². The molecule has 4 aromatic rings. The first kappa shape index (κ1) is 20.0. The van der Waals surface area contributed by atoms with Crippen LogP contribution < -0.4 is 15.8 Å². The van der Waals surface area contributed by atoms with Gasteiger partial charge in [-0.25, -0.2) is 9.97 Å². The van der Waals surface area contributed by atoms with E-state index in [2.05, 4.69) is 14.9 Å². The molecule has 0 unspecified atom stereocenters. The summed E-state index contributed by atoms with van der Waals surface area (Å²) >= 11 is 5.85. The Bertz CT molecular complexity index is 1130. The van der Waals surface area contributed by atoms with E-state index in [9.17, 15) is 0 Å². The minimum absolute atomic E-state index is 0.497. The predicted octanol–water partition coefficient (Wildman–Crippen LogP) is 4.72. The average molecular weight is 424 g/mol. The summed E-state index contributed by atoms with van der Waals surface area (Å²) in [6, 6.07) is 17.0. The van der Waals surface area contributed by atoms with Crippen LogP contribution in [0.25, 0.3) is 11.0 Å². The van der Waals surface area contributed by atoms with Crippen LogP contribution in [-0.2, 0) is 17.8 Å². The van der Waals surface area contributed by atoms with Crippen LogP contribution in [0.3, 0.4) is 0 Å². The molecule has 3 N–H and O–H groups in total. The highest BCUT2D eigenvalue weighted by atomic mass is 35.5. The molecule has 0 aliphatic rings. The van der Waals surface area contributed by atoms with Crippen molar-refractivity contribution in [2.24, 2.45) is 0 Å². The molecule has 8 heteroatoms. The normalized spacial score (nSPS) is 11.0. The summed E-state index contributed by atoms with van der Waals surface area (Å²) in [5, 5.41) is 3.98. The minimum Gasteiger partial charge on any atom is -0.439 e. The molecule has 0 atom stereocenters. The SMILES string of the molecule is COCCn1c(NCc2ccc(Oc3ccc(Cl)cn3)cc2)nc2ccc(N)cc21. The summed E-state index contributed by atoms with van der Waals surface area (Å²) in [4.78, 5) is 8.84. The Morgan fingerprint density at radius 2 is 1.93 bits per heavy atom. The van der Waals surface area contributed by atoms with Crippen molar-refractivity contribution < 1.29 is 9.47 Å². The lowest BCUT2D eigenvalue weighted by Gasteiger charge is -2.11. The van der Waals surface area contributed by atoms with E-state index in [1.807, 2.05) is 42.5 Å². The zero-order valence-electron chi connectivity index (χ0n) is 16.5. The fourth-order valence-corrected chi connectivity index (χ4v) is 3.20. The number of rotatable bonds is 8. The van der Waals surface area contributed by atoms with Crippen molar-refractivity contribution >= 4 is 34.3 Å². The minimum atomic E-state index is 0.497. The molecule has 0 amide bonds. The molecule has 2 aromatic heterocycles. The molecule has 0 aliphatic carbocycles. The van der Waals surface area contributed by atoms with Gasteiger partial charge in [-0.05, 0) is 42.0 Å². The lowest BCUT2D eigenvalue weighted by Crippen LogP contribution is -2.10. The zero-order chi connectivity index (χ0) is 20.9. The summed E-state index contributed by atoms with van der Waals surface area (Å²) in [7, 11) is 1.68. The van der Waals surface area contributed by atoms with Crippen LogP contribution in [0.1, 0.15) is 5.56 Å². The number of methoxy groups -OCH3 is 1. The van der Waals surface area contributed by atoms with E-state index in [0.717, 1.165) is 22.5 Å². The Morgan fingerprint density at radius 1 is 1.10 bits per heavy atom. The Kier molecular flexibility index (Phi) is 6.02. The summed E-state index contributed by atoms with van der Waals surface area (Å²) in [6.07, 6.45) is 1.55. The van der Waals surface area contributed by atoms with Gasteiger partial charge in [0.2, 0.25) is 11.8 Å². The zero-order valence-corrected chi connectivity index (χ0v) is 17.3. The summed E-state index contributed by atoms with van der Waals surface area (Å²) in [6.45, 7) is 1.88. The van der Waals surface area contributed by atoms with Gasteiger partial charge in [0, 0.05) is 38.1 Å². The van der Waals surface area contributed by atoms with Crippen molar-refractivity contribution in [3.8, 4) is 11.6 Å². The highest BCUT2D eigenvalue weighted by molar-refractivity contribution is 6.30. The maximum atomic E-state index is 5.96. The van der Waals surface area contributed by atoms with Crippen LogP contribution in [0.15, 0.2) is 60.8 Å². The molecule has 154 valence electrons. The van der Waals surface area contributed by atoms with Crippen LogP contribution >= 0.6 is 11.6 Å². The Labute approximate surface area is 179 Å². The number of hydrogen-bond acceptors (Lipinski definition) is 6. The number of imidazole rings is 1. The lowest BCUT2D eigenvalue weighted by atomic mass is 10.2. The van der Waals surface area contributed by atoms with Crippen molar-refractivity contribution in [1.82, 2.24) is 14.5 Å². The number of halogens is 1. The van der Waals surface area contributed by atoms with E-state index in [1.54, 1.807) is 25.4 Å². The van der Waals surface area contributed by atoms with Crippen molar-refractivity contribution in [2.45, 2.75) is 13.1 Å². The summed E-state index contributed by atoms with van der Waals surface area (Å²) in [5.41, 5.74) is 9.63. The number of fused-ring (bicyclic) bond motifs is 1. The van der Waals surface area contributed by atoms with Crippen LogP contribution in [0, 0.1) is 0 Å². The Hall–Kier alpha value is -3.29. The van der Waals surface area contributed by atoms with Gasteiger partial charge in [-0.15, -0.1) is 0 Å². The molecule has 0 bridgehead atoms. The van der Waals surface area contributed by atoms with Crippen molar-refractivity contribution in [1.29, 1.82) is 0 Å². The molecule has 7 nitrogen and oxygen atoms in total. The highest BCUT2D eigenvalue weighted by Crippen LogP contribution is 2.24. The molecule has 2 heterocycles. The smallest absolute Gasteiger partial charge is 0.219 e. The first-order valence-electron chi connectivity index (χ1n) is 9.49. The quantitative estimate of drug-likeness (QED) is 0.399. The third kappa shape index (κ3) is 4.64. The highest BCUT2D eigenvalue weighted by Gasteiger charge is 2.11. The molecular weight excluding hydrogens is 402 g/mol. The number of benzene rings is 2. The van der Waals surface area contributed by atoms with Crippen LogP contribution in [0.5, 0.6) is 11.6 Å². The molecule has 0 saturated carbocycles. The first-order chi connectivity index (χ1) is 14.6. The third-order valence-electron chi connectivity index (χ3n) is 4.59.